The first-order valence-electron chi connectivity index (χ1n) is 10.8. The monoisotopic (exact) mass is 462 g/mol. The quantitative estimate of drug-likeness (QED) is 0.480. The molecule has 0 unspecified atom stereocenters. The summed E-state index contributed by atoms with van der Waals surface area (Å²) in [6.45, 7) is 5.11. The van der Waals surface area contributed by atoms with Crippen LogP contribution in [-0.2, 0) is 21.3 Å². The van der Waals surface area contributed by atoms with Crippen molar-refractivity contribution in [1.29, 1.82) is 0 Å². The third kappa shape index (κ3) is 6.09. The highest BCUT2D eigenvalue weighted by atomic mass is 32.2. The summed E-state index contributed by atoms with van der Waals surface area (Å²) < 4.78 is 38.5. The Kier molecular flexibility index (Phi) is 9.68. The van der Waals surface area contributed by atoms with E-state index in [1.165, 1.54) is 30.6 Å². The Bertz CT molecular complexity index is 975. The van der Waals surface area contributed by atoms with Gasteiger partial charge in [-0.25, -0.2) is 8.42 Å². The van der Waals surface area contributed by atoms with Crippen LogP contribution in [-0.4, -0.2) is 64.0 Å². The zero-order valence-electron chi connectivity index (χ0n) is 19.6. The lowest BCUT2D eigenvalue weighted by Crippen LogP contribution is -2.42. The SMILES string of the molecule is CCC(CC)N(CCOC)C(=O)c1ccc(OC)c(S(=O)(=O)N(C)Cc2ccccc2)c1. The molecule has 0 heterocycles. The zero-order chi connectivity index (χ0) is 23.7. The molecule has 0 aliphatic rings. The molecule has 176 valence electrons. The van der Waals surface area contributed by atoms with E-state index >= 15 is 0 Å². The summed E-state index contributed by atoms with van der Waals surface area (Å²) in [5.74, 6) is -0.0204. The minimum atomic E-state index is -3.90. The van der Waals surface area contributed by atoms with Crippen molar-refractivity contribution in [3.63, 3.8) is 0 Å². The standard InChI is InChI=1S/C24H34N2O5S/c1-6-21(7-2)26(15-16-30-4)24(27)20-13-14-22(31-5)23(17-20)32(28,29)25(3)18-19-11-9-8-10-12-19/h8-14,17,21H,6-7,15-16,18H2,1-5H3. The highest BCUT2D eigenvalue weighted by Crippen LogP contribution is 2.29. The summed E-state index contributed by atoms with van der Waals surface area (Å²) in [6, 6.07) is 14.0. The molecule has 0 saturated heterocycles. The first-order valence-corrected chi connectivity index (χ1v) is 12.2. The first-order chi connectivity index (χ1) is 15.3. The van der Waals surface area contributed by atoms with E-state index in [1.807, 2.05) is 44.2 Å². The van der Waals surface area contributed by atoms with E-state index in [4.69, 9.17) is 9.47 Å². The van der Waals surface area contributed by atoms with Crippen molar-refractivity contribution >= 4 is 15.9 Å². The van der Waals surface area contributed by atoms with Gasteiger partial charge in [0, 0.05) is 38.9 Å². The van der Waals surface area contributed by atoms with Gasteiger partial charge in [0.25, 0.3) is 5.91 Å². The molecule has 7 nitrogen and oxygen atoms in total. The fourth-order valence-electron chi connectivity index (χ4n) is 3.64. The molecule has 0 saturated carbocycles. The topological polar surface area (TPSA) is 76.1 Å². The van der Waals surface area contributed by atoms with E-state index in [0.717, 1.165) is 18.4 Å². The van der Waals surface area contributed by atoms with Crippen LogP contribution in [0.1, 0.15) is 42.6 Å². The number of methoxy groups -OCH3 is 2. The molecule has 0 atom stereocenters. The maximum Gasteiger partial charge on any atom is 0.254 e. The molecule has 2 aromatic carbocycles. The van der Waals surface area contributed by atoms with Crippen LogP contribution < -0.4 is 4.74 Å². The van der Waals surface area contributed by atoms with E-state index in [0.29, 0.717) is 18.7 Å². The summed E-state index contributed by atoms with van der Waals surface area (Å²) in [6.07, 6.45) is 1.60. The second-order valence-electron chi connectivity index (χ2n) is 7.57. The Morgan fingerprint density at radius 2 is 1.69 bits per heavy atom. The number of hydrogen-bond donors (Lipinski definition) is 0. The molecule has 0 aliphatic heterocycles. The minimum Gasteiger partial charge on any atom is -0.495 e. The Morgan fingerprint density at radius 1 is 1.03 bits per heavy atom. The molecule has 0 bridgehead atoms. The molecule has 8 heteroatoms. The van der Waals surface area contributed by atoms with Crippen LogP contribution in [0.15, 0.2) is 53.4 Å². The van der Waals surface area contributed by atoms with Gasteiger partial charge in [-0.1, -0.05) is 44.2 Å². The highest BCUT2D eigenvalue weighted by molar-refractivity contribution is 7.89. The van der Waals surface area contributed by atoms with Crippen molar-refractivity contribution in [2.45, 2.75) is 44.2 Å². The van der Waals surface area contributed by atoms with Gasteiger partial charge in [-0.05, 0) is 36.6 Å². The summed E-state index contributed by atoms with van der Waals surface area (Å²) in [4.78, 5) is 15.1. The minimum absolute atomic E-state index is 0.0273. The summed E-state index contributed by atoms with van der Waals surface area (Å²) >= 11 is 0. The van der Waals surface area contributed by atoms with Crippen LogP contribution in [0.4, 0.5) is 0 Å². The molecule has 0 spiro atoms. The van der Waals surface area contributed by atoms with Crippen LogP contribution in [0.5, 0.6) is 5.75 Å². The normalized spacial score (nSPS) is 11.7. The van der Waals surface area contributed by atoms with E-state index in [-0.39, 0.29) is 29.1 Å². The molecular weight excluding hydrogens is 428 g/mol. The van der Waals surface area contributed by atoms with Crippen molar-refractivity contribution in [3.8, 4) is 5.75 Å². The van der Waals surface area contributed by atoms with Gasteiger partial charge in [0.15, 0.2) is 0 Å². The van der Waals surface area contributed by atoms with Gasteiger partial charge in [0.05, 0.1) is 13.7 Å². The smallest absolute Gasteiger partial charge is 0.254 e. The van der Waals surface area contributed by atoms with Crippen molar-refractivity contribution < 1.29 is 22.7 Å². The number of benzene rings is 2. The third-order valence-corrected chi connectivity index (χ3v) is 7.35. The van der Waals surface area contributed by atoms with Gasteiger partial charge < -0.3 is 14.4 Å². The molecule has 32 heavy (non-hydrogen) atoms. The predicted molar refractivity (Wildman–Crippen MR) is 125 cm³/mol. The van der Waals surface area contributed by atoms with E-state index < -0.39 is 10.0 Å². The van der Waals surface area contributed by atoms with Crippen LogP contribution in [0.2, 0.25) is 0 Å². The van der Waals surface area contributed by atoms with Gasteiger partial charge in [-0.15, -0.1) is 0 Å². The molecule has 1 amide bonds. The van der Waals surface area contributed by atoms with E-state index in [1.54, 1.807) is 18.1 Å². The second kappa shape index (κ2) is 12.0. The number of hydrogen-bond acceptors (Lipinski definition) is 5. The lowest BCUT2D eigenvalue weighted by Gasteiger charge is -2.30. The average Bonchev–Trinajstić information content (AvgIpc) is 2.81. The van der Waals surface area contributed by atoms with Crippen molar-refractivity contribution in [1.82, 2.24) is 9.21 Å². The van der Waals surface area contributed by atoms with Gasteiger partial charge in [-0.2, -0.15) is 4.31 Å². The molecule has 0 aromatic heterocycles. The second-order valence-corrected chi connectivity index (χ2v) is 9.59. The molecular formula is C24H34N2O5S. The Morgan fingerprint density at radius 3 is 2.25 bits per heavy atom. The average molecular weight is 463 g/mol. The fraction of sp³-hybridized carbons (Fsp3) is 0.458. The maximum atomic E-state index is 13.4. The number of sulfonamides is 1. The van der Waals surface area contributed by atoms with Crippen LogP contribution >= 0.6 is 0 Å². The number of rotatable bonds is 12. The molecule has 0 N–H and O–H groups in total. The van der Waals surface area contributed by atoms with E-state index in [2.05, 4.69) is 0 Å². The maximum absolute atomic E-state index is 13.4. The van der Waals surface area contributed by atoms with E-state index in [9.17, 15) is 13.2 Å². The summed E-state index contributed by atoms with van der Waals surface area (Å²) in [5.41, 5.74) is 1.17. The van der Waals surface area contributed by atoms with Gasteiger partial charge in [-0.3, -0.25) is 4.79 Å². The van der Waals surface area contributed by atoms with Crippen LogP contribution in [0, 0.1) is 0 Å². The largest absolute Gasteiger partial charge is 0.495 e. The lowest BCUT2D eigenvalue weighted by atomic mass is 10.1. The first kappa shape index (κ1) is 25.8. The van der Waals surface area contributed by atoms with Gasteiger partial charge >= 0.3 is 0 Å². The third-order valence-electron chi connectivity index (χ3n) is 5.53. The predicted octanol–water partition coefficient (Wildman–Crippen LogP) is 3.79. The van der Waals surface area contributed by atoms with Crippen molar-refractivity contribution in [2.24, 2.45) is 0 Å². The number of carbonyl (C=O) groups is 1. The summed E-state index contributed by atoms with van der Waals surface area (Å²) in [5, 5.41) is 0. The molecule has 0 radical (unpaired) electrons. The van der Waals surface area contributed by atoms with Gasteiger partial charge in [0.2, 0.25) is 10.0 Å². The number of ether oxygens (including phenoxy) is 2. The highest BCUT2D eigenvalue weighted by Gasteiger charge is 2.28. The molecule has 2 aromatic rings. The van der Waals surface area contributed by atoms with Crippen LogP contribution in [0.3, 0.4) is 0 Å². The molecule has 0 aliphatic carbocycles. The number of nitrogens with zero attached hydrogens (tertiary/aromatic N) is 2. The lowest BCUT2D eigenvalue weighted by molar-refractivity contribution is 0.0589. The van der Waals surface area contributed by atoms with Crippen molar-refractivity contribution in [2.75, 3.05) is 34.4 Å². The molecule has 2 rings (SSSR count). The molecule has 0 fully saturated rings. The number of carbonyl (C=O) groups excluding carboxylic acids is 1. The number of amides is 1. The fourth-order valence-corrected chi connectivity index (χ4v) is 4.98. The Hall–Kier alpha value is -2.42. The van der Waals surface area contributed by atoms with Crippen molar-refractivity contribution in [3.05, 3.63) is 59.7 Å². The van der Waals surface area contributed by atoms with Crippen LogP contribution in [0.25, 0.3) is 0 Å². The summed E-state index contributed by atoms with van der Waals surface area (Å²) in [7, 11) is 0.634. The van der Waals surface area contributed by atoms with Gasteiger partial charge in [0.1, 0.15) is 10.6 Å². The Balaban J connectivity index is 2.43. The Labute approximate surface area is 192 Å². The zero-order valence-corrected chi connectivity index (χ0v) is 20.4.